The highest BCUT2D eigenvalue weighted by Gasteiger charge is 2.30. The lowest BCUT2D eigenvalue weighted by Crippen LogP contribution is -2.45. The summed E-state index contributed by atoms with van der Waals surface area (Å²) in [7, 11) is 0. The van der Waals surface area contributed by atoms with Gasteiger partial charge in [-0.15, -0.1) is 10.2 Å². The van der Waals surface area contributed by atoms with Crippen LogP contribution in [0.1, 0.15) is 45.0 Å². The van der Waals surface area contributed by atoms with Crippen LogP contribution in [0.2, 0.25) is 0 Å². The van der Waals surface area contributed by atoms with E-state index in [1.807, 2.05) is 28.8 Å². The molecule has 1 aliphatic heterocycles. The van der Waals surface area contributed by atoms with Crippen LogP contribution in [0.5, 0.6) is 0 Å². The molecular weight excluding hydrogens is 366 g/mol. The van der Waals surface area contributed by atoms with Gasteiger partial charge in [0, 0.05) is 31.7 Å². The smallest absolute Gasteiger partial charge is 0.225 e. The first-order chi connectivity index (χ1) is 14.1. The molecule has 1 amide bonds. The third-order valence-corrected chi connectivity index (χ3v) is 5.30. The summed E-state index contributed by atoms with van der Waals surface area (Å²) in [6, 6.07) is 7.43. The molecule has 152 valence electrons. The van der Waals surface area contributed by atoms with E-state index in [1.54, 1.807) is 18.5 Å². The van der Waals surface area contributed by atoms with Crippen LogP contribution in [-0.4, -0.2) is 43.6 Å². The molecule has 0 bridgehead atoms. The Morgan fingerprint density at radius 2 is 2.03 bits per heavy atom. The van der Waals surface area contributed by atoms with E-state index in [0.29, 0.717) is 18.4 Å². The van der Waals surface area contributed by atoms with Crippen LogP contribution in [0.15, 0.2) is 42.9 Å². The van der Waals surface area contributed by atoms with Crippen molar-refractivity contribution in [2.75, 3.05) is 18.0 Å². The Morgan fingerprint density at radius 3 is 2.83 bits per heavy atom. The van der Waals surface area contributed by atoms with Crippen molar-refractivity contribution in [2.24, 2.45) is 11.8 Å². The van der Waals surface area contributed by atoms with Crippen LogP contribution < -0.4 is 10.2 Å². The molecule has 1 saturated heterocycles. The van der Waals surface area contributed by atoms with Crippen molar-refractivity contribution >= 4 is 17.5 Å². The lowest BCUT2D eigenvalue weighted by Gasteiger charge is -2.32. The average Bonchev–Trinajstić information content (AvgIpc) is 3.18. The van der Waals surface area contributed by atoms with Crippen LogP contribution in [-0.2, 0) is 4.79 Å². The van der Waals surface area contributed by atoms with E-state index in [0.717, 1.165) is 37.3 Å². The van der Waals surface area contributed by atoms with Crippen molar-refractivity contribution in [1.82, 2.24) is 29.9 Å². The number of anilines is 1. The normalized spacial score (nSPS) is 18.2. The zero-order valence-corrected chi connectivity index (χ0v) is 16.9. The second kappa shape index (κ2) is 8.55. The van der Waals surface area contributed by atoms with Crippen molar-refractivity contribution in [3.8, 4) is 0 Å². The Balaban J connectivity index is 1.50. The maximum Gasteiger partial charge on any atom is 0.225 e. The number of piperidine rings is 1. The molecule has 4 rings (SSSR count). The number of rotatable bonds is 6. The second-order valence-corrected chi connectivity index (χ2v) is 8.01. The Kier molecular flexibility index (Phi) is 5.69. The Hall–Kier alpha value is -3.03. The Morgan fingerprint density at radius 1 is 1.21 bits per heavy atom. The van der Waals surface area contributed by atoms with E-state index in [2.05, 4.69) is 44.2 Å². The van der Waals surface area contributed by atoms with Crippen molar-refractivity contribution in [1.29, 1.82) is 0 Å². The molecular formula is C21H27N7O. The quantitative estimate of drug-likeness (QED) is 0.693. The number of nitrogens with one attached hydrogen (secondary N) is 1. The fourth-order valence-corrected chi connectivity index (χ4v) is 3.91. The summed E-state index contributed by atoms with van der Waals surface area (Å²) in [5.41, 5.74) is 0.788. The summed E-state index contributed by atoms with van der Waals surface area (Å²) < 4.78 is 1.96. The van der Waals surface area contributed by atoms with E-state index in [-0.39, 0.29) is 17.9 Å². The third kappa shape index (κ3) is 4.36. The molecule has 0 radical (unpaired) electrons. The summed E-state index contributed by atoms with van der Waals surface area (Å²) in [5.74, 6) is 1.84. The maximum absolute atomic E-state index is 13.2. The third-order valence-electron chi connectivity index (χ3n) is 5.30. The highest BCUT2D eigenvalue weighted by atomic mass is 16.2. The molecule has 0 aliphatic carbocycles. The largest absolute Gasteiger partial charge is 0.346 e. The molecule has 0 aromatic carbocycles. The molecule has 0 spiro atoms. The molecule has 29 heavy (non-hydrogen) atoms. The number of pyridine rings is 1. The van der Waals surface area contributed by atoms with Crippen molar-refractivity contribution in [3.63, 3.8) is 0 Å². The highest BCUT2D eigenvalue weighted by Crippen LogP contribution is 2.24. The van der Waals surface area contributed by atoms with Crippen molar-refractivity contribution < 1.29 is 4.79 Å². The summed E-state index contributed by atoms with van der Waals surface area (Å²) in [6.45, 7) is 5.80. The molecule has 1 N–H and O–H groups in total. The van der Waals surface area contributed by atoms with E-state index < -0.39 is 0 Å². The van der Waals surface area contributed by atoms with Crippen LogP contribution >= 0.6 is 0 Å². The average molecular weight is 393 g/mol. The van der Waals surface area contributed by atoms with Gasteiger partial charge in [0.25, 0.3) is 0 Å². The SMILES string of the molecule is CC(C)C[C@@H](NC(=O)[C@@H]1CCCN(c2ncccn2)C1)c1nnc2ccccn12. The van der Waals surface area contributed by atoms with Crippen LogP contribution in [0.3, 0.4) is 0 Å². The highest BCUT2D eigenvalue weighted by molar-refractivity contribution is 5.80. The number of amides is 1. The molecule has 4 heterocycles. The molecule has 8 nitrogen and oxygen atoms in total. The number of aromatic nitrogens is 5. The molecule has 3 aromatic heterocycles. The number of carbonyl (C=O) groups excluding carboxylic acids is 1. The fourth-order valence-electron chi connectivity index (χ4n) is 3.91. The van der Waals surface area contributed by atoms with Gasteiger partial charge >= 0.3 is 0 Å². The van der Waals surface area contributed by atoms with Crippen LogP contribution in [0, 0.1) is 11.8 Å². The molecule has 1 aliphatic rings. The standard InChI is InChI=1S/C21H27N7O/c1-15(2)13-17(19-26-25-18-8-3-4-12-28(18)19)24-20(29)16-7-5-11-27(14-16)21-22-9-6-10-23-21/h3-4,6,8-10,12,15-17H,5,7,11,13-14H2,1-2H3,(H,24,29)/t16-,17-/m1/s1. The van der Waals surface area contributed by atoms with Crippen LogP contribution in [0.25, 0.3) is 5.65 Å². The van der Waals surface area contributed by atoms with Gasteiger partial charge in [-0.3, -0.25) is 9.20 Å². The molecule has 8 heteroatoms. The van der Waals surface area contributed by atoms with Gasteiger partial charge in [-0.2, -0.15) is 0 Å². The summed E-state index contributed by atoms with van der Waals surface area (Å²) in [4.78, 5) is 23.9. The van der Waals surface area contributed by atoms with Crippen LogP contribution in [0.4, 0.5) is 5.95 Å². The van der Waals surface area contributed by atoms with Gasteiger partial charge in [-0.05, 0) is 43.4 Å². The second-order valence-electron chi connectivity index (χ2n) is 8.01. The first-order valence-electron chi connectivity index (χ1n) is 10.2. The van der Waals surface area contributed by atoms with Crippen molar-refractivity contribution in [2.45, 2.75) is 39.2 Å². The summed E-state index contributed by atoms with van der Waals surface area (Å²) in [5, 5.41) is 11.9. The minimum Gasteiger partial charge on any atom is -0.346 e. The number of fused-ring (bicyclic) bond motifs is 1. The molecule has 0 saturated carbocycles. The van der Waals surface area contributed by atoms with Gasteiger partial charge in [0.15, 0.2) is 11.5 Å². The van der Waals surface area contributed by atoms with Crippen molar-refractivity contribution in [3.05, 3.63) is 48.7 Å². The minimum absolute atomic E-state index is 0.0592. The predicted octanol–water partition coefficient (Wildman–Crippen LogP) is 2.64. The topological polar surface area (TPSA) is 88.3 Å². The number of nitrogens with zero attached hydrogens (tertiary/aromatic N) is 6. The number of hydrogen-bond acceptors (Lipinski definition) is 6. The summed E-state index contributed by atoms with van der Waals surface area (Å²) >= 11 is 0. The zero-order chi connectivity index (χ0) is 20.2. The molecule has 3 aromatic rings. The van der Waals surface area contributed by atoms with Gasteiger partial charge in [-0.25, -0.2) is 9.97 Å². The van der Waals surface area contributed by atoms with Gasteiger partial charge in [0.1, 0.15) is 0 Å². The van der Waals surface area contributed by atoms with Gasteiger partial charge < -0.3 is 10.2 Å². The van der Waals surface area contributed by atoms with Gasteiger partial charge in [0.05, 0.1) is 12.0 Å². The fraction of sp³-hybridized carbons (Fsp3) is 0.476. The molecule has 1 fully saturated rings. The molecule has 0 unspecified atom stereocenters. The maximum atomic E-state index is 13.2. The lowest BCUT2D eigenvalue weighted by molar-refractivity contribution is -0.126. The zero-order valence-electron chi connectivity index (χ0n) is 16.9. The molecule has 2 atom stereocenters. The van der Waals surface area contributed by atoms with E-state index in [9.17, 15) is 4.79 Å². The predicted molar refractivity (Wildman–Crippen MR) is 110 cm³/mol. The monoisotopic (exact) mass is 393 g/mol. The number of hydrogen-bond donors (Lipinski definition) is 1. The minimum atomic E-state index is -0.178. The Labute approximate surface area is 170 Å². The van der Waals surface area contributed by atoms with E-state index in [1.165, 1.54) is 0 Å². The summed E-state index contributed by atoms with van der Waals surface area (Å²) in [6.07, 6.45) is 8.03. The first kappa shape index (κ1) is 19.3. The first-order valence-corrected chi connectivity index (χ1v) is 10.2. The Bertz CT molecular complexity index is 956. The van der Waals surface area contributed by atoms with Gasteiger partial charge in [-0.1, -0.05) is 19.9 Å². The number of carbonyl (C=O) groups is 1. The van der Waals surface area contributed by atoms with Gasteiger partial charge in [0.2, 0.25) is 11.9 Å². The lowest BCUT2D eigenvalue weighted by atomic mass is 9.96. The van der Waals surface area contributed by atoms with E-state index >= 15 is 0 Å². The van der Waals surface area contributed by atoms with E-state index in [4.69, 9.17) is 0 Å².